The van der Waals surface area contributed by atoms with E-state index in [0.29, 0.717) is 0 Å². The maximum atomic E-state index is 3.61. The smallest absolute Gasteiger partial charge is 0.221 e. The summed E-state index contributed by atoms with van der Waals surface area (Å²) in [6, 6.07) is 21.6. The fraction of sp³-hybridized carbons (Fsp3) is 0.208. The minimum Gasteiger partial charge on any atom is -0.383 e. The highest BCUT2D eigenvalue weighted by Gasteiger charge is 2.12. The van der Waals surface area contributed by atoms with Gasteiger partial charge in [0.05, 0.1) is 16.5 Å². The summed E-state index contributed by atoms with van der Waals surface area (Å²) in [5, 5.41) is 10.9. The molecule has 1 heterocycles. The highest BCUT2D eigenvalue weighted by atomic mass is 15.0. The molecule has 0 amide bonds. The number of fused-ring (bicyclic) bond motifs is 3. The van der Waals surface area contributed by atoms with E-state index in [0.717, 1.165) is 18.8 Å². The van der Waals surface area contributed by atoms with E-state index in [9.17, 15) is 0 Å². The lowest BCUT2D eigenvalue weighted by Gasteiger charge is -2.12. The summed E-state index contributed by atoms with van der Waals surface area (Å²) in [4.78, 5) is 3.55. The van der Waals surface area contributed by atoms with Gasteiger partial charge in [-0.3, -0.25) is 0 Å². The Labute approximate surface area is 160 Å². The number of aromatic nitrogens is 1. The zero-order valence-electron chi connectivity index (χ0n) is 16.2. The van der Waals surface area contributed by atoms with Gasteiger partial charge in [-0.2, -0.15) is 0 Å². The van der Waals surface area contributed by atoms with Gasteiger partial charge < -0.3 is 10.6 Å². The maximum absolute atomic E-state index is 3.61. The van der Waals surface area contributed by atoms with Crippen LogP contribution in [0.3, 0.4) is 0 Å². The van der Waals surface area contributed by atoms with E-state index in [-0.39, 0.29) is 0 Å². The zero-order chi connectivity index (χ0) is 18.8. The molecule has 0 radical (unpaired) electrons. The van der Waals surface area contributed by atoms with Gasteiger partial charge in [-0.15, -0.1) is 0 Å². The second-order valence-electron chi connectivity index (χ2n) is 7.25. The summed E-state index contributed by atoms with van der Waals surface area (Å²) in [5.74, 6) is 0. The van der Waals surface area contributed by atoms with Crippen molar-refractivity contribution >= 4 is 33.1 Å². The lowest BCUT2D eigenvalue weighted by atomic mass is 10.0. The number of anilines is 2. The molecule has 0 bridgehead atoms. The van der Waals surface area contributed by atoms with Gasteiger partial charge in [0.15, 0.2) is 5.69 Å². The van der Waals surface area contributed by atoms with Crippen LogP contribution in [0, 0.1) is 20.8 Å². The van der Waals surface area contributed by atoms with Crippen LogP contribution in [-0.2, 0) is 0 Å². The SMILES string of the molecule is Cc1ccc(NCCNc2cc(C)[nH+]c3c2ccc2ccccc23)c(C)c1. The molecule has 3 nitrogen and oxygen atoms in total. The first-order valence-electron chi connectivity index (χ1n) is 9.51. The first kappa shape index (κ1) is 17.3. The van der Waals surface area contributed by atoms with E-state index in [1.54, 1.807) is 0 Å². The van der Waals surface area contributed by atoms with Crippen molar-refractivity contribution in [3.05, 3.63) is 77.5 Å². The number of hydrogen-bond acceptors (Lipinski definition) is 2. The average molecular weight is 356 g/mol. The van der Waals surface area contributed by atoms with Gasteiger partial charge in [0.2, 0.25) is 5.52 Å². The molecule has 0 fully saturated rings. The first-order chi connectivity index (χ1) is 13.1. The maximum Gasteiger partial charge on any atom is 0.221 e. The van der Waals surface area contributed by atoms with Crippen LogP contribution in [0.15, 0.2) is 60.7 Å². The predicted molar refractivity (Wildman–Crippen MR) is 116 cm³/mol. The summed E-state index contributed by atoms with van der Waals surface area (Å²) in [7, 11) is 0. The molecule has 0 aliphatic heterocycles. The number of H-pyrrole nitrogens is 1. The van der Waals surface area contributed by atoms with Gasteiger partial charge in [-0.05, 0) is 43.0 Å². The van der Waals surface area contributed by atoms with E-state index in [1.165, 1.54) is 44.2 Å². The molecule has 0 spiro atoms. The lowest BCUT2D eigenvalue weighted by Crippen LogP contribution is -2.16. The van der Waals surface area contributed by atoms with Crippen LogP contribution < -0.4 is 15.6 Å². The standard InChI is InChI=1S/C24H25N3/c1-16-8-11-22(17(2)14-16)25-12-13-26-23-15-18(3)27-24-20-7-5-4-6-19(20)9-10-21(23)24/h4-11,14-15,25H,12-13H2,1-3H3,(H,26,27)/p+1. The number of hydrogen-bond donors (Lipinski definition) is 2. The summed E-state index contributed by atoms with van der Waals surface area (Å²) in [5.41, 5.74) is 7.31. The van der Waals surface area contributed by atoms with E-state index in [4.69, 9.17) is 0 Å². The number of aromatic amines is 1. The third-order valence-corrected chi connectivity index (χ3v) is 5.04. The molecule has 136 valence electrons. The normalized spacial score (nSPS) is 11.1. The fourth-order valence-corrected chi connectivity index (χ4v) is 3.71. The van der Waals surface area contributed by atoms with Crippen LogP contribution >= 0.6 is 0 Å². The second kappa shape index (κ2) is 7.28. The molecule has 0 aliphatic rings. The number of pyridine rings is 1. The van der Waals surface area contributed by atoms with Crippen molar-refractivity contribution in [2.45, 2.75) is 20.8 Å². The number of aryl methyl sites for hydroxylation is 3. The third kappa shape index (κ3) is 3.59. The highest BCUT2D eigenvalue weighted by Crippen LogP contribution is 2.27. The van der Waals surface area contributed by atoms with Crippen molar-refractivity contribution in [3.8, 4) is 0 Å². The fourth-order valence-electron chi connectivity index (χ4n) is 3.71. The van der Waals surface area contributed by atoms with Crippen LogP contribution in [0.2, 0.25) is 0 Å². The van der Waals surface area contributed by atoms with Gasteiger partial charge in [0.25, 0.3) is 0 Å². The molecule has 3 heteroatoms. The minimum absolute atomic E-state index is 0.860. The van der Waals surface area contributed by atoms with E-state index < -0.39 is 0 Å². The zero-order valence-corrected chi connectivity index (χ0v) is 16.2. The molecular formula is C24H26N3+. The van der Waals surface area contributed by atoms with Crippen molar-refractivity contribution in [1.82, 2.24) is 0 Å². The van der Waals surface area contributed by atoms with Crippen molar-refractivity contribution in [3.63, 3.8) is 0 Å². The van der Waals surface area contributed by atoms with Crippen LogP contribution in [0.5, 0.6) is 0 Å². The molecular weight excluding hydrogens is 330 g/mol. The molecule has 0 atom stereocenters. The Morgan fingerprint density at radius 1 is 0.741 bits per heavy atom. The molecule has 3 N–H and O–H groups in total. The Kier molecular flexibility index (Phi) is 4.68. The number of benzene rings is 3. The average Bonchev–Trinajstić information content (AvgIpc) is 2.66. The molecule has 0 saturated heterocycles. The van der Waals surface area contributed by atoms with Crippen LogP contribution in [0.1, 0.15) is 16.8 Å². The van der Waals surface area contributed by atoms with Gasteiger partial charge in [-0.25, -0.2) is 4.98 Å². The minimum atomic E-state index is 0.860. The molecule has 4 aromatic rings. The number of nitrogens with one attached hydrogen (secondary N) is 3. The van der Waals surface area contributed by atoms with E-state index in [1.807, 2.05) is 0 Å². The van der Waals surface area contributed by atoms with Gasteiger partial charge >= 0.3 is 0 Å². The first-order valence-corrected chi connectivity index (χ1v) is 9.51. The largest absolute Gasteiger partial charge is 0.383 e. The van der Waals surface area contributed by atoms with Gasteiger partial charge in [0.1, 0.15) is 0 Å². The quantitative estimate of drug-likeness (QED) is 0.378. The molecule has 0 aliphatic carbocycles. The van der Waals surface area contributed by atoms with Gasteiger partial charge in [-0.1, -0.05) is 42.0 Å². The summed E-state index contributed by atoms with van der Waals surface area (Å²) in [6.07, 6.45) is 0. The molecule has 3 aromatic carbocycles. The van der Waals surface area contributed by atoms with Gasteiger partial charge in [0, 0.05) is 31.8 Å². The molecule has 4 rings (SSSR count). The summed E-state index contributed by atoms with van der Waals surface area (Å²) < 4.78 is 0. The number of rotatable bonds is 5. The van der Waals surface area contributed by atoms with E-state index in [2.05, 4.69) is 97.1 Å². The van der Waals surface area contributed by atoms with Crippen molar-refractivity contribution in [1.29, 1.82) is 0 Å². The Morgan fingerprint density at radius 3 is 2.33 bits per heavy atom. The molecule has 27 heavy (non-hydrogen) atoms. The predicted octanol–water partition coefficient (Wildman–Crippen LogP) is 5.26. The Morgan fingerprint density at radius 2 is 1.52 bits per heavy atom. The summed E-state index contributed by atoms with van der Waals surface area (Å²) >= 11 is 0. The van der Waals surface area contributed by atoms with Crippen molar-refractivity contribution in [2.75, 3.05) is 23.7 Å². The van der Waals surface area contributed by atoms with Crippen LogP contribution in [0.25, 0.3) is 21.7 Å². The Hall–Kier alpha value is -3.07. The Bertz CT molecular complexity index is 1120. The molecule has 0 unspecified atom stereocenters. The Balaban J connectivity index is 1.54. The highest BCUT2D eigenvalue weighted by molar-refractivity contribution is 6.07. The van der Waals surface area contributed by atoms with Crippen LogP contribution in [0.4, 0.5) is 11.4 Å². The second-order valence-corrected chi connectivity index (χ2v) is 7.25. The molecule has 1 aromatic heterocycles. The monoisotopic (exact) mass is 356 g/mol. The summed E-state index contributed by atoms with van der Waals surface area (Å²) in [6.45, 7) is 8.12. The van der Waals surface area contributed by atoms with Crippen molar-refractivity contribution in [2.24, 2.45) is 0 Å². The lowest BCUT2D eigenvalue weighted by molar-refractivity contribution is -0.353. The topological polar surface area (TPSA) is 38.2 Å². The molecule has 0 saturated carbocycles. The third-order valence-electron chi connectivity index (χ3n) is 5.04. The van der Waals surface area contributed by atoms with Crippen LogP contribution in [-0.4, -0.2) is 13.1 Å². The van der Waals surface area contributed by atoms with Crippen molar-refractivity contribution < 1.29 is 4.98 Å². The van der Waals surface area contributed by atoms with E-state index >= 15 is 0 Å².